The van der Waals surface area contributed by atoms with Crippen molar-refractivity contribution in [2.45, 2.75) is 24.8 Å². The van der Waals surface area contributed by atoms with Crippen molar-refractivity contribution in [1.29, 1.82) is 0 Å². The first-order valence-electron chi connectivity index (χ1n) is 6.32. The molecule has 1 N–H and O–H groups in total. The summed E-state index contributed by atoms with van der Waals surface area (Å²) in [6, 6.07) is 0. The largest absolute Gasteiger partial charge is 0.315 e. The Bertz CT molecular complexity index is 496. The van der Waals surface area contributed by atoms with Gasteiger partial charge >= 0.3 is 0 Å². The molecule has 7 heteroatoms. The predicted molar refractivity (Wildman–Crippen MR) is 75.4 cm³/mol. The van der Waals surface area contributed by atoms with Crippen molar-refractivity contribution in [3.63, 3.8) is 0 Å². The van der Waals surface area contributed by atoms with Gasteiger partial charge in [0.1, 0.15) is 4.90 Å². The highest BCUT2D eigenvalue weighted by Gasteiger charge is 2.21. The maximum atomic E-state index is 12.1. The van der Waals surface area contributed by atoms with E-state index in [4.69, 9.17) is 0 Å². The third kappa shape index (κ3) is 4.45. The molecule has 0 amide bonds. The Labute approximate surface area is 115 Å². The highest BCUT2D eigenvalue weighted by atomic mass is 32.2. The number of sulfonamides is 1. The quantitative estimate of drug-likeness (QED) is 0.536. The molecule has 19 heavy (non-hydrogen) atoms. The van der Waals surface area contributed by atoms with E-state index in [1.807, 2.05) is 0 Å². The van der Waals surface area contributed by atoms with E-state index in [2.05, 4.69) is 23.9 Å². The number of rotatable bonds is 9. The average molecular weight is 286 g/mol. The van der Waals surface area contributed by atoms with E-state index in [0.717, 1.165) is 19.5 Å². The molecule has 0 saturated carbocycles. The molecule has 1 aromatic heterocycles. The summed E-state index contributed by atoms with van der Waals surface area (Å²) in [5, 5.41) is 7.31. The molecule has 0 bridgehead atoms. The first-order valence-corrected chi connectivity index (χ1v) is 7.76. The SMILES string of the molecule is C=CCN(C)S(=O)(=O)c1cnn(CCNCCC)c1. The van der Waals surface area contributed by atoms with Crippen LogP contribution in [-0.4, -0.2) is 49.2 Å². The fraction of sp³-hybridized carbons (Fsp3) is 0.583. The smallest absolute Gasteiger partial charge is 0.246 e. The molecule has 0 aliphatic heterocycles. The minimum atomic E-state index is -3.46. The van der Waals surface area contributed by atoms with E-state index in [-0.39, 0.29) is 11.4 Å². The Hall–Kier alpha value is -1.18. The number of hydrogen-bond acceptors (Lipinski definition) is 4. The minimum absolute atomic E-state index is 0.215. The summed E-state index contributed by atoms with van der Waals surface area (Å²) in [5.74, 6) is 0. The Kier molecular flexibility index (Phi) is 6.20. The first kappa shape index (κ1) is 15.9. The molecule has 1 heterocycles. The lowest BCUT2D eigenvalue weighted by Crippen LogP contribution is -2.26. The zero-order valence-electron chi connectivity index (χ0n) is 11.5. The molecule has 0 atom stereocenters. The Morgan fingerprint density at radius 2 is 2.26 bits per heavy atom. The van der Waals surface area contributed by atoms with Crippen molar-refractivity contribution in [2.75, 3.05) is 26.7 Å². The van der Waals surface area contributed by atoms with Gasteiger partial charge in [0.2, 0.25) is 10.0 Å². The van der Waals surface area contributed by atoms with Crippen LogP contribution in [0.1, 0.15) is 13.3 Å². The second-order valence-corrected chi connectivity index (χ2v) is 6.31. The van der Waals surface area contributed by atoms with Crippen molar-refractivity contribution < 1.29 is 8.42 Å². The van der Waals surface area contributed by atoms with Gasteiger partial charge in [-0.2, -0.15) is 9.40 Å². The van der Waals surface area contributed by atoms with E-state index < -0.39 is 10.0 Å². The van der Waals surface area contributed by atoms with Gasteiger partial charge in [0.15, 0.2) is 0 Å². The number of nitrogens with one attached hydrogen (secondary N) is 1. The van der Waals surface area contributed by atoms with Crippen LogP contribution in [0.2, 0.25) is 0 Å². The lowest BCUT2D eigenvalue weighted by molar-refractivity contribution is 0.499. The Balaban J connectivity index is 2.65. The van der Waals surface area contributed by atoms with Crippen LogP contribution in [0.25, 0.3) is 0 Å². The Morgan fingerprint density at radius 3 is 2.89 bits per heavy atom. The van der Waals surface area contributed by atoms with Crippen molar-refractivity contribution in [2.24, 2.45) is 0 Å². The molecule has 0 fully saturated rings. The zero-order chi connectivity index (χ0) is 14.3. The average Bonchev–Trinajstić information content (AvgIpc) is 2.84. The normalized spacial score (nSPS) is 11.9. The van der Waals surface area contributed by atoms with Gasteiger partial charge in [-0.05, 0) is 13.0 Å². The number of hydrogen-bond donors (Lipinski definition) is 1. The molecule has 6 nitrogen and oxygen atoms in total. The summed E-state index contributed by atoms with van der Waals surface area (Å²) in [6.07, 6.45) is 5.57. The van der Waals surface area contributed by atoms with Gasteiger partial charge in [-0.3, -0.25) is 4.68 Å². The lowest BCUT2D eigenvalue weighted by Gasteiger charge is -2.13. The van der Waals surface area contributed by atoms with Crippen LogP contribution in [-0.2, 0) is 16.6 Å². The van der Waals surface area contributed by atoms with Crippen LogP contribution < -0.4 is 5.32 Å². The third-order valence-corrected chi connectivity index (χ3v) is 4.42. The maximum absolute atomic E-state index is 12.1. The van der Waals surface area contributed by atoms with Gasteiger partial charge < -0.3 is 5.32 Å². The molecule has 0 spiro atoms. The van der Waals surface area contributed by atoms with Gasteiger partial charge in [0, 0.05) is 26.3 Å². The molecule has 1 rings (SSSR count). The van der Waals surface area contributed by atoms with E-state index in [9.17, 15) is 8.42 Å². The van der Waals surface area contributed by atoms with Crippen molar-refractivity contribution in [3.8, 4) is 0 Å². The number of likely N-dealkylation sites (N-methyl/N-ethyl adjacent to an activating group) is 1. The highest BCUT2D eigenvalue weighted by molar-refractivity contribution is 7.89. The highest BCUT2D eigenvalue weighted by Crippen LogP contribution is 2.12. The van der Waals surface area contributed by atoms with Crippen molar-refractivity contribution in [1.82, 2.24) is 19.4 Å². The van der Waals surface area contributed by atoms with Gasteiger partial charge in [-0.1, -0.05) is 13.0 Å². The molecule has 0 radical (unpaired) electrons. The molecule has 0 aromatic carbocycles. The van der Waals surface area contributed by atoms with Crippen LogP contribution in [0, 0.1) is 0 Å². The molecule has 1 aromatic rings. The van der Waals surface area contributed by atoms with E-state index in [1.54, 1.807) is 17.0 Å². The number of aromatic nitrogens is 2. The molecule has 0 aliphatic carbocycles. The Morgan fingerprint density at radius 1 is 1.53 bits per heavy atom. The summed E-state index contributed by atoms with van der Waals surface area (Å²) >= 11 is 0. The van der Waals surface area contributed by atoms with Crippen molar-refractivity contribution >= 4 is 10.0 Å². The third-order valence-electron chi connectivity index (χ3n) is 2.65. The van der Waals surface area contributed by atoms with E-state index >= 15 is 0 Å². The second kappa shape index (κ2) is 7.42. The van der Waals surface area contributed by atoms with Crippen LogP contribution in [0.5, 0.6) is 0 Å². The molecular weight excluding hydrogens is 264 g/mol. The summed E-state index contributed by atoms with van der Waals surface area (Å²) in [7, 11) is -1.93. The van der Waals surface area contributed by atoms with Crippen LogP contribution in [0.15, 0.2) is 29.9 Å². The van der Waals surface area contributed by atoms with Gasteiger partial charge in [-0.25, -0.2) is 8.42 Å². The van der Waals surface area contributed by atoms with Crippen molar-refractivity contribution in [3.05, 3.63) is 25.0 Å². The molecule has 0 saturated heterocycles. The molecule has 0 unspecified atom stereocenters. The zero-order valence-corrected chi connectivity index (χ0v) is 12.4. The van der Waals surface area contributed by atoms with Crippen LogP contribution in [0.4, 0.5) is 0 Å². The predicted octanol–water partition coefficient (Wildman–Crippen LogP) is 0.689. The summed E-state index contributed by atoms with van der Waals surface area (Å²) < 4.78 is 27.1. The minimum Gasteiger partial charge on any atom is -0.315 e. The standard InChI is InChI=1S/C12H22N4O2S/c1-4-6-13-7-9-16-11-12(10-14-16)19(17,18)15(3)8-5-2/h5,10-11,13H,2,4,6-9H2,1,3H3. The van der Waals surface area contributed by atoms with Gasteiger partial charge in [0.25, 0.3) is 0 Å². The fourth-order valence-corrected chi connectivity index (χ4v) is 2.65. The fourth-order valence-electron chi connectivity index (χ4n) is 1.56. The second-order valence-electron chi connectivity index (χ2n) is 4.26. The van der Waals surface area contributed by atoms with Crippen LogP contribution in [0.3, 0.4) is 0 Å². The van der Waals surface area contributed by atoms with Gasteiger partial charge in [0.05, 0.1) is 12.7 Å². The summed E-state index contributed by atoms with van der Waals surface area (Å²) in [5.41, 5.74) is 0. The first-order chi connectivity index (χ1) is 9.02. The monoisotopic (exact) mass is 286 g/mol. The lowest BCUT2D eigenvalue weighted by atomic mass is 10.5. The van der Waals surface area contributed by atoms with E-state index in [1.165, 1.54) is 17.5 Å². The van der Waals surface area contributed by atoms with Gasteiger partial charge in [-0.15, -0.1) is 6.58 Å². The summed E-state index contributed by atoms with van der Waals surface area (Å²) in [4.78, 5) is 0.215. The number of nitrogens with zero attached hydrogens (tertiary/aromatic N) is 3. The molecular formula is C12H22N4O2S. The molecule has 108 valence electrons. The molecule has 0 aliphatic rings. The maximum Gasteiger partial charge on any atom is 0.246 e. The topological polar surface area (TPSA) is 67.2 Å². The van der Waals surface area contributed by atoms with Crippen LogP contribution >= 0.6 is 0 Å². The summed E-state index contributed by atoms with van der Waals surface area (Å²) in [6.45, 7) is 8.30. The van der Waals surface area contributed by atoms with E-state index in [0.29, 0.717) is 6.54 Å².